The summed E-state index contributed by atoms with van der Waals surface area (Å²) in [5.41, 5.74) is 2.13. The third-order valence-corrected chi connectivity index (χ3v) is 8.35. The molecule has 2 aromatic carbocycles. The summed E-state index contributed by atoms with van der Waals surface area (Å²) < 4.78 is 19.7. The van der Waals surface area contributed by atoms with E-state index < -0.39 is 12.0 Å². The summed E-state index contributed by atoms with van der Waals surface area (Å²) in [7, 11) is 0. The summed E-state index contributed by atoms with van der Waals surface area (Å²) in [4.78, 5) is 32.4. The van der Waals surface area contributed by atoms with E-state index in [9.17, 15) is 14.7 Å². The summed E-state index contributed by atoms with van der Waals surface area (Å²) in [6.07, 6.45) is 3.09. The van der Waals surface area contributed by atoms with E-state index in [0.29, 0.717) is 52.1 Å². The number of aromatic hydroxyl groups is 1. The Hall–Kier alpha value is -2.64. The fourth-order valence-corrected chi connectivity index (χ4v) is 6.86. The number of nitrogens with zero attached hydrogens (tertiary/aromatic N) is 2. The molecule has 192 valence electrons. The first-order valence-electron chi connectivity index (χ1n) is 11.6. The topological polar surface area (TPSA) is 99.4 Å². The molecule has 1 aromatic heterocycles. The number of thiazole rings is 1. The molecular formula is C26H22BrIN2O6S. The summed E-state index contributed by atoms with van der Waals surface area (Å²) in [5.74, 6) is 0.813. The Bertz CT molecular complexity index is 1600. The Kier molecular flexibility index (Phi) is 7.46. The summed E-state index contributed by atoms with van der Waals surface area (Å²) in [5, 5.41) is 10.1. The number of benzene rings is 2. The normalized spacial score (nSPS) is 16.5. The summed E-state index contributed by atoms with van der Waals surface area (Å²) in [6, 6.07) is 8.23. The Labute approximate surface area is 238 Å². The van der Waals surface area contributed by atoms with Crippen LogP contribution in [0.5, 0.6) is 17.2 Å². The lowest BCUT2D eigenvalue weighted by atomic mass is 9.94. The second-order valence-corrected chi connectivity index (χ2v) is 11.4. The molecule has 1 N–H and O–H groups in total. The first kappa shape index (κ1) is 26.0. The van der Waals surface area contributed by atoms with Crippen molar-refractivity contribution < 1.29 is 24.1 Å². The highest BCUT2D eigenvalue weighted by atomic mass is 127. The zero-order valence-electron chi connectivity index (χ0n) is 19.9. The molecule has 3 heterocycles. The molecule has 0 amide bonds. The number of esters is 1. The number of ether oxygens (including phenoxy) is 3. The molecule has 0 unspecified atom stereocenters. The molecule has 8 nitrogen and oxygen atoms in total. The van der Waals surface area contributed by atoms with Crippen molar-refractivity contribution in [3.63, 3.8) is 0 Å². The van der Waals surface area contributed by atoms with Crippen LogP contribution in [0.15, 0.2) is 55.9 Å². The van der Waals surface area contributed by atoms with Crippen LogP contribution in [0.25, 0.3) is 6.08 Å². The molecule has 5 rings (SSSR count). The first-order valence-corrected chi connectivity index (χ1v) is 14.3. The largest absolute Gasteiger partial charge is 0.506 e. The van der Waals surface area contributed by atoms with Crippen LogP contribution in [0, 0.1) is 3.57 Å². The zero-order valence-corrected chi connectivity index (χ0v) is 24.5. The number of carbonyl (C=O) groups excluding carboxylic acids is 1. The van der Waals surface area contributed by atoms with Crippen LogP contribution in [0.4, 0.5) is 0 Å². The molecule has 0 spiro atoms. The summed E-state index contributed by atoms with van der Waals surface area (Å²) in [6.45, 7) is 4.08. The van der Waals surface area contributed by atoms with Crippen LogP contribution < -0.4 is 24.4 Å². The number of rotatable bonds is 6. The lowest BCUT2D eigenvalue weighted by Crippen LogP contribution is -2.40. The second kappa shape index (κ2) is 10.6. The Balaban J connectivity index is 1.76. The van der Waals surface area contributed by atoms with Gasteiger partial charge in [-0.3, -0.25) is 9.36 Å². The molecule has 0 saturated heterocycles. The third kappa shape index (κ3) is 4.84. The fraction of sp³-hybridized carbons (Fsp3) is 0.269. The van der Waals surface area contributed by atoms with Gasteiger partial charge in [0, 0.05) is 0 Å². The van der Waals surface area contributed by atoms with Gasteiger partial charge in [0.25, 0.3) is 5.56 Å². The number of phenolic OH excluding ortho intramolecular Hbond substituents is 1. The van der Waals surface area contributed by atoms with Gasteiger partial charge in [0.15, 0.2) is 16.3 Å². The van der Waals surface area contributed by atoms with Gasteiger partial charge >= 0.3 is 5.97 Å². The van der Waals surface area contributed by atoms with Gasteiger partial charge in [-0.25, -0.2) is 9.79 Å². The lowest BCUT2D eigenvalue weighted by molar-refractivity contribution is -0.139. The van der Waals surface area contributed by atoms with Gasteiger partial charge in [-0.15, -0.1) is 0 Å². The first-order chi connectivity index (χ1) is 17.8. The van der Waals surface area contributed by atoms with E-state index in [2.05, 4.69) is 15.9 Å². The highest BCUT2D eigenvalue weighted by molar-refractivity contribution is 14.1. The number of hydrogen-bond acceptors (Lipinski definition) is 8. The van der Waals surface area contributed by atoms with E-state index >= 15 is 0 Å². The third-order valence-electron chi connectivity index (χ3n) is 5.94. The fourth-order valence-electron chi connectivity index (χ4n) is 4.34. The molecular weight excluding hydrogens is 675 g/mol. The lowest BCUT2D eigenvalue weighted by Gasteiger charge is -2.25. The minimum atomic E-state index is -0.736. The number of phenols is 1. The molecule has 3 aromatic rings. The molecule has 11 heteroatoms. The monoisotopic (exact) mass is 696 g/mol. The molecule has 0 aliphatic carbocycles. The maximum absolute atomic E-state index is 13.9. The Morgan fingerprint density at radius 1 is 1.30 bits per heavy atom. The highest BCUT2D eigenvalue weighted by Gasteiger charge is 2.35. The van der Waals surface area contributed by atoms with Crippen molar-refractivity contribution >= 4 is 61.9 Å². The standard InChI is InChI=1S/C26H22BrIN2O6S/c1-3-5-17-21(25(33)34-4-2)22(14-6-7-18-19(11-14)36-12-35-18)30-24(32)20(37-26(30)29-17)10-13-8-15(27)23(31)16(28)9-13/h6-11,22,31H,3-5,12H2,1-2H3/b20-10-/t22-/m0/s1. The molecule has 1 atom stereocenters. The molecule has 37 heavy (non-hydrogen) atoms. The van der Waals surface area contributed by atoms with Crippen LogP contribution in [0.3, 0.4) is 0 Å². The van der Waals surface area contributed by atoms with Crippen molar-refractivity contribution in [1.29, 1.82) is 0 Å². The van der Waals surface area contributed by atoms with Gasteiger partial charge in [-0.05, 0) is 93.3 Å². The average molecular weight is 697 g/mol. The quantitative estimate of drug-likeness (QED) is 0.304. The number of halogens is 2. The van der Waals surface area contributed by atoms with Gasteiger partial charge in [0.1, 0.15) is 5.75 Å². The van der Waals surface area contributed by atoms with Crippen LogP contribution in [-0.2, 0) is 9.53 Å². The van der Waals surface area contributed by atoms with Crippen LogP contribution in [-0.4, -0.2) is 29.0 Å². The van der Waals surface area contributed by atoms with Gasteiger partial charge in [-0.1, -0.05) is 30.7 Å². The van der Waals surface area contributed by atoms with Crippen LogP contribution >= 0.6 is 49.9 Å². The molecule has 0 bridgehead atoms. The maximum Gasteiger partial charge on any atom is 0.338 e. The number of fused-ring (bicyclic) bond motifs is 2. The van der Waals surface area contributed by atoms with E-state index in [-0.39, 0.29) is 24.7 Å². The minimum Gasteiger partial charge on any atom is -0.506 e. The van der Waals surface area contributed by atoms with Crippen LogP contribution in [0.2, 0.25) is 0 Å². The van der Waals surface area contributed by atoms with E-state index in [1.807, 2.05) is 35.6 Å². The minimum absolute atomic E-state index is 0.115. The van der Waals surface area contributed by atoms with Crippen molar-refractivity contribution in [2.24, 2.45) is 4.99 Å². The van der Waals surface area contributed by atoms with Gasteiger partial charge in [-0.2, -0.15) is 0 Å². The molecule has 0 radical (unpaired) electrons. The number of hydrogen-bond donors (Lipinski definition) is 1. The number of aromatic nitrogens is 1. The SMILES string of the molecule is CCCC1=C(C(=O)OCC)[C@H](c2ccc3c(c2)OCO3)n2c(s/c(=C\c3cc(Br)c(O)c(I)c3)c2=O)=N1. The van der Waals surface area contributed by atoms with Gasteiger partial charge in [0.05, 0.1) is 36.5 Å². The second-order valence-electron chi connectivity index (χ2n) is 8.36. The molecule has 2 aliphatic heterocycles. The number of allylic oxidation sites excluding steroid dienone is 1. The van der Waals surface area contributed by atoms with Crippen molar-refractivity contribution in [3.8, 4) is 17.2 Å². The number of carbonyl (C=O) groups is 1. The predicted octanol–water partition coefficient (Wildman–Crippen LogP) is 4.38. The van der Waals surface area contributed by atoms with Crippen LogP contribution in [0.1, 0.15) is 43.9 Å². The molecule has 0 saturated carbocycles. The smallest absolute Gasteiger partial charge is 0.338 e. The average Bonchev–Trinajstić information content (AvgIpc) is 3.45. The van der Waals surface area contributed by atoms with Crippen molar-refractivity contribution in [1.82, 2.24) is 4.57 Å². The van der Waals surface area contributed by atoms with E-state index in [1.54, 1.807) is 41.8 Å². The molecule has 0 fully saturated rings. The van der Waals surface area contributed by atoms with Gasteiger partial charge < -0.3 is 19.3 Å². The zero-order chi connectivity index (χ0) is 26.3. The van der Waals surface area contributed by atoms with Crippen molar-refractivity contribution in [2.75, 3.05) is 13.4 Å². The maximum atomic E-state index is 13.9. The Morgan fingerprint density at radius 3 is 2.81 bits per heavy atom. The van der Waals surface area contributed by atoms with Crippen molar-refractivity contribution in [2.45, 2.75) is 32.7 Å². The van der Waals surface area contributed by atoms with Gasteiger partial charge in [0.2, 0.25) is 6.79 Å². The summed E-state index contributed by atoms with van der Waals surface area (Å²) >= 11 is 6.66. The van der Waals surface area contributed by atoms with E-state index in [4.69, 9.17) is 19.2 Å². The van der Waals surface area contributed by atoms with E-state index in [1.165, 1.54) is 11.3 Å². The van der Waals surface area contributed by atoms with Crippen molar-refractivity contribution in [3.05, 3.63) is 80.5 Å². The van der Waals surface area contributed by atoms with E-state index in [0.717, 1.165) is 12.0 Å². The highest BCUT2D eigenvalue weighted by Crippen LogP contribution is 2.39. The molecule has 2 aliphatic rings. The predicted molar refractivity (Wildman–Crippen MR) is 151 cm³/mol. The Morgan fingerprint density at radius 2 is 2.08 bits per heavy atom.